The summed E-state index contributed by atoms with van der Waals surface area (Å²) < 4.78 is 14.7. The Kier molecular flexibility index (Phi) is 6.71. The number of nitrogens with zero attached hydrogens (tertiary/aromatic N) is 5. The average molecular weight is 536 g/mol. The number of carbonyl (C=O) groups is 1. The maximum Gasteiger partial charge on any atom is 0.264 e. The molecule has 2 aromatic heterocycles. The van der Waals surface area contributed by atoms with Gasteiger partial charge in [0.2, 0.25) is 5.91 Å². The van der Waals surface area contributed by atoms with E-state index in [2.05, 4.69) is 10.1 Å². The lowest BCUT2D eigenvalue weighted by Crippen LogP contribution is -2.51. The van der Waals surface area contributed by atoms with Crippen molar-refractivity contribution in [2.24, 2.45) is 5.41 Å². The first kappa shape index (κ1) is 26.0. The van der Waals surface area contributed by atoms with Crippen LogP contribution in [0.2, 0.25) is 0 Å². The van der Waals surface area contributed by atoms with Crippen molar-refractivity contribution in [1.29, 1.82) is 0 Å². The molecule has 10 heteroatoms. The van der Waals surface area contributed by atoms with Gasteiger partial charge < -0.3 is 19.5 Å². The zero-order chi connectivity index (χ0) is 27.2. The molecule has 3 heterocycles. The van der Waals surface area contributed by atoms with E-state index < -0.39 is 5.60 Å². The molecular formula is C29H37N5O5. The number of benzene rings is 1. The summed E-state index contributed by atoms with van der Waals surface area (Å²) in [5, 5.41) is 16.1. The van der Waals surface area contributed by atoms with Crippen molar-refractivity contribution >= 4 is 16.9 Å². The number of aromatic nitrogens is 4. The van der Waals surface area contributed by atoms with Crippen LogP contribution in [0.3, 0.4) is 0 Å². The van der Waals surface area contributed by atoms with Crippen LogP contribution in [0.1, 0.15) is 58.3 Å². The highest BCUT2D eigenvalue weighted by Gasteiger charge is 2.48. The topological polar surface area (TPSA) is 112 Å². The quantitative estimate of drug-likeness (QED) is 0.495. The van der Waals surface area contributed by atoms with Gasteiger partial charge in [-0.2, -0.15) is 5.10 Å². The van der Waals surface area contributed by atoms with E-state index in [1.807, 2.05) is 36.1 Å². The van der Waals surface area contributed by atoms with Gasteiger partial charge in [-0.1, -0.05) is 6.92 Å². The molecule has 10 nitrogen and oxygen atoms in total. The molecule has 208 valence electrons. The number of ether oxygens (including phenoxy) is 2. The second kappa shape index (κ2) is 10.1. The van der Waals surface area contributed by atoms with E-state index in [1.165, 1.54) is 17.1 Å². The first-order valence-corrected chi connectivity index (χ1v) is 14.0. The fourth-order valence-electron chi connectivity index (χ4n) is 5.88. The highest BCUT2D eigenvalue weighted by Crippen LogP contribution is 2.47. The van der Waals surface area contributed by atoms with Crippen LogP contribution in [-0.2, 0) is 16.1 Å². The predicted molar refractivity (Wildman–Crippen MR) is 145 cm³/mol. The van der Waals surface area contributed by atoms with E-state index in [0.29, 0.717) is 43.1 Å². The molecule has 3 fully saturated rings. The Labute approximate surface area is 227 Å². The monoisotopic (exact) mass is 535 g/mol. The molecule has 39 heavy (non-hydrogen) atoms. The molecule has 0 unspecified atom stereocenters. The van der Waals surface area contributed by atoms with Crippen molar-refractivity contribution in [3.8, 4) is 11.4 Å². The normalized spacial score (nSPS) is 24.0. The SMILES string of the molecule is CO[C@H]1CC[C@H](Oc2ccc(-n3ncc4c(=O)n(CC5(O)CCN(C(=O)C6(C)CC6)CC5)cnc43)cc2)CC1. The molecule has 6 rings (SSSR count). The van der Waals surface area contributed by atoms with Crippen LogP contribution in [0.4, 0.5) is 0 Å². The van der Waals surface area contributed by atoms with Gasteiger partial charge in [-0.25, -0.2) is 9.67 Å². The molecule has 0 radical (unpaired) electrons. The smallest absolute Gasteiger partial charge is 0.264 e. The first-order chi connectivity index (χ1) is 18.8. The van der Waals surface area contributed by atoms with Crippen molar-refractivity contribution in [2.45, 2.75) is 82.6 Å². The fourth-order valence-corrected chi connectivity index (χ4v) is 5.88. The van der Waals surface area contributed by atoms with Gasteiger partial charge in [0.25, 0.3) is 5.56 Å². The summed E-state index contributed by atoms with van der Waals surface area (Å²) in [6.07, 6.45) is 10.3. The molecule has 2 aliphatic carbocycles. The molecule has 1 amide bonds. The van der Waals surface area contributed by atoms with Crippen molar-refractivity contribution in [1.82, 2.24) is 24.2 Å². The van der Waals surface area contributed by atoms with E-state index >= 15 is 0 Å². The molecule has 3 aliphatic rings. The molecule has 2 saturated carbocycles. The van der Waals surface area contributed by atoms with E-state index in [4.69, 9.17) is 9.47 Å². The summed E-state index contributed by atoms with van der Waals surface area (Å²) in [4.78, 5) is 32.3. The van der Waals surface area contributed by atoms with Crippen molar-refractivity contribution in [2.75, 3.05) is 20.2 Å². The third kappa shape index (κ3) is 5.19. The van der Waals surface area contributed by atoms with Crippen LogP contribution >= 0.6 is 0 Å². The first-order valence-electron chi connectivity index (χ1n) is 14.0. The number of piperidine rings is 1. The Hall–Kier alpha value is -3.24. The summed E-state index contributed by atoms with van der Waals surface area (Å²) in [6.45, 7) is 3.15. The summed E-state index contributed by atoms with van der Waals surface area (Å²) in [7, 11) is 1.76. The van der Waals surface area contributed by atoms with Gasteiger partial charge in [0.05, 0.1) is 36.2 Å². The minimum atomic E-state index is -1.06. The molecule has 1 aromatic carbocycles. The van der Waals surface area contributed by atoms with Crippen LogP contribution < -0.4 is 10.3 Å². The van der Waals surface area contributed by atoms with Crippen molar-refractivity contribution in [3.05, 3.63) is 47.1 Å². The molecule has 1 N–H and O–H groups in total. The third-order valence-electron chi connectivity index (χ3n) is 8.86. The predicted octanol–water partition coefficient (Wildman–Crippen LogP) is 3.07. The number of amides is 1. The van der Waals surface area contributed by atoms with Crippen LogP contribution in [0, 0.1) is 5.41 Å². The lowest BCUT2D eigenvalue weighted by atomic mass is 9.90. The van der Waals surface area contributed by atoms with E-state index in [1.54, 1.807) is 11.8 Å². The zero-order valence-electron chi connectivity index (χ0n) is 22.7. The van der Waals surface area contributed by atoms with Gasteiger partial charge in [-0.05, 0) is 75.6 Å². The van der Waals surface area contributed by atoms with Crippen molar-refractivity contribution in [3.63, 3.8) is 0 Å². The average Bonchev–Trinajstić information content (AvgIpc) is 3.55. The summed E-state index contributed by atoms with van der Waals surface area (Å²) >= 11 is 0. The van der Waals surface area contributed by atoms with Crippen LogP contribution in [-0.4, -0.2) is 73.3 Å². The summed E-state index contributed by atoms with van der Waals surface area (Å²) in [6, 6.07) is 7.66. The van der Waals surface area contributed by atoms with Crippen LogP contribution in [0.5, 0.6) is 5.75 Å². The largest absolute Gasteiger partial charge is 0.490 e. The highest BCUT2D eigenvalue weighted by molar-refractivity contribution is 5.85. The van der Waals surface area contributed by atoms with E-state index in [0.717, 1.165) is 50.0 Å². The maximum absolute atomic E-state index is 13.3. The van der Waals surface area contributed by atoms with Gasteiger partial charge in [-0.15, -0.1) is 0 Å². The fraction of sp³-hybridized carbons (Fsp3) is 0.586. The van der Waals surface area contributed by atoms with E-state index in [-0.39, 0.29) is 29.5 Å². The maximum atomic E-state index is 13.3. The van der Waals surface area contributed by atoms with Gasteiger partial charge in [0.15, 0.2) is 5.65 Å². The number of carbonyl (C=O) groups excluding carboxylic acids is 1. The van der Waals surface area contributed by atoms with E-state index in [9.17, 15) is 14.7 Å². The second-order valence-corrected chi connectivity index (χ2v) is 11.8. The van der Waals surface area contributed by atoms with Gasteiger partial charge in [-0.3, -0.25) is 14.2 Å². The molecular weight excluding hydrogens is 498 g/mol. The number of methoxy groups -OCH3 is 1. The van der Waals surface area contributed by atoms with Crippen LogP contribution in [0.25, 0.3) is 16.7 Å². The molecule has 0 bridgehead atoms. The Morgan fingerprint density at radius 3 is 2.36 bits per heavy atom. The van der Waals surface area contributed by atoms with Gasteiger partial charge in [0.1, 0.15) is 17.5 Å². The lowest BCUT2D eigenvalue weighted by molar-refractivity contribution is -0.141. The Bertz CT molecular complexity index is 1390. The molecule has 0 atom stereocenters. The third-order valence-corrected chi connectivity index (χ3v) is 8.86. The zero-order valence-corrected chi connectivity index (χ0v) is 22.7. The second-order valence-electron chi connectivity index (χ2n) is 11.8. The summed E-state index contributed by atoms with van der Waals surface area (Å²) in [5.41, 5.74) is -0.263. The van der Waals surface area contributed by atoms with Crippen molar-refractivity contribution < 1.29 is 19.4 Å². The summed E-state index contributed by atoms with van der Waals surface area (Å²) in [5.74, 6) is 0.990. The number of aliphatic hydroxyl groups is 1. The number of hydrogen-bond donors (Lipinski definition) is 1. The minimum Gasteiger partial charge on any atom is -0.490 e. The minimum absolute atomic E-state index is 0.136. The Balaban J connectivity index is 1.12. The highest BCUT2D eigenvalue weighted by atomic mass is 16.5. The number of hydrogen-bond acceptors (Lipinski definition) is 7. The number of rotatable bonds is 7. The van der Waals surface area contributed by atoms with Gasteiger partial charge >= 0.3 is 0 Å². The molecule has 1 aliphatic heterocycles. The number of fused-ring (bicyclic) bond motifs is 1. The lowest BCUT2D eigenvalue weighted by Gasteiger charge is -2.39. The number of likely N-dealkylation sites (tertiary alicyclic amines) is 1. The Morgan fingerprint density at radius 1 is 1.05 bits per heavy atom. The molecule has 3 aromatic rings. The molecule has 0 spiro atoms. The van der Waals surface area contributed by atoms with Gasteiger partial charge in [0, 0.05) is 25.6 Å². The van der Waals surface area contributed by atoms with Crippen LogP contribution in [0.15, 0.2) is 41.6 Å². The molecule has 1 saturated heterocycles. The Morgan fingerprint density at radius 2 is 1.72 bits per heavy atom. The standard InChI is InChI=1S/C29H37N5O5/c1-28(11-12-28)27(36)32-15-13-29(37,14-16-32)18-33-19-30-25-24(26(33)35)17-31-34(25)20-3-5-22(6-4-20)39-23-9-7-21(38-2)8-10-23/h3-6,17,19,21,23,37H,7-16,18H2,1-2H3/t21-,23-.